The molecule has 1 N–H and O–H groups in total. The molecule has 1 amide bonds. The summed E-state index contributed by atoms with van der Waals surface area (Å²) in [5, 5.41) is 6.52. The molecule has 0 aliphatic rings. The second kappa shape index (κ2) is 9.32. The van der Waals surface area contributed by atoms with Crippen LogP contribution in [0, 0.1) is 0 Å². The maximum atomic E-state index is 13.1. The molecule has 0 bridgehead atoms. The lowest BCUT2D eigenvalue weighted by molar-refractivity contribution is -0.116. The summed E-state index contributed by atoms with van der Waals surface area (Å²) in [5.41, 5.74) is 0.298. The second-order valence-electron chi connectivity index (χ2n) is 6.80. The minimum atomic E-state index is -0.478. The molecule has 0 aliphatic heterocycles. The Balaban J connectivity index is 1.59. The maximum Gasteiger partial charge on any atom is 0.332 e. The summed E-state index contributed by atoms with van der Waals surface area (Å²) in [4.78, 5) is 39.7. The Hall–Kier alpha value is -3.17. The van der Waals surface area contributed by atoms with Crippen LogP contribution in [0.5, 0.6) is 5.75 Å². The zero-order valence-electron chi connectivity index (χ0n) is 16.9. The average Bonchev–Trinajstić information content (AvgIpc) is 3.45. The maximum absolute atomic E-state index is 13.1. The summed E-state index contributed by atoms with van der Waals surface area (Å²) in [6.45, 7) is 2.55. The molecular formula is C22H21N3O4S2. The van der Waals surface area contributed by atoms with E-state index in [2.05, 4.69) is 5.32 Å². The SMILES string of the molecule is CCOc1ccc(NC(=O)Cn2c(=O)n(CCc3cccs3)c(=O)c3sccc32)cc1. The first-order valence-electron chi connectivity index (χ1n) is 9.82. The number of hydrogen-bond acceptors (Lipinski definition) is 6. The van der Waals surface area contributed by atoms with Crippen molar-refractivity contribution in [2.45, 2.75) is 26.4 Å². The van der Waals surface area contributed by atoms with Gasteiger partial charge in [-0.25, -0.2) is 4.79 Å². The molecule has 0 saturated carbocycles. The van der Waals surface area contributed by atoms with Crippen molar-refractivity contribution < 1.29 is 9.53 Å². The molecule has 0 spiro atoms. The number of ether oxygens (including phenoxy) is 1. The predicted molar refractivity (Wildman–Crippen MR) is 125 cm³/mol. The number of rotatable bonds is 8. The van der Waals surface area contributed by atoms with Crippen LogP contribution in [0.1, 0.15) is 11.8 Å². The number of nitrogens with one attached hydrogen (secondary N) is 1. The van der Waals surface area contributed by atoms with Crippen molar-refractivity contribution in [1.29, 1.82) is 0 Å². The molecule has 0 aliphatic carbocycles. The standard InChI is InChI=1S/C22H21N3O4S2/c1-2-29-16-7-5-15(6-8-16)23-19(26)14-25-18-10-13-31-20(18)21(27)24(22(25)28)11-9-17-4-3-12-30-17/h3-8,10,12-13H,2,9,11,14H2,1H3,(H,23,26). The first-order valence-corrected chi connectivity index (χ1v) is 11.6. The van der Waals surface area contributed by atoms with Crippen LogP contribution in [-0.2, 0) is 24.3 Å². The number of amides is 1. The van der Waals surface area contributed by atoms with E-state index in [1.54, 1.807) is 47.0 Å². The number of benzene rings is 1. The van der Waals surface area contributed by atoms with Crippen molar-refractivity contribution in [3.63, 3.8) is 0 Å². The molecule has 0 unspecified atom stereocenters. The molecule has 31 heavy (non-hydrogen) atoms. The van der Waals surface area contributed by atoms with Crippen molar-refractivity contribution in [3.05, 3.63) is 78.9 Å². The summed E-state index contributed by atoms with van der Waals surface area (Å²) < 4.78 is 8.47. The van der Waals surface area contributed by atoms with Gasteiger partial charge in [-0.2, -0.15) is 0 Å². The molecular weight excluding hydrogens is 434 g/mol. The van der Waals surface area contributed by atoms with E-state index in [1.807, 2.05) is 24.4 Å². The zero-order chi connectivity index (χ0) is 21.8. The molecule has 0 atom stereocenters. The van der Waals surface area contributed by atoms with Crippen LogP contribution in [0.25, 0.3) is 10.2 Å². The Morgan fingerprint density at radius 1 is 1.03 bits per heavy atom. The van der Waals surface area contributed by atoms with Gasteiger partial charge in [0.15, 0.2) is 0 Å². The number of carbonyl (C=O) groups is 1. The smallest absolute Gasteiger partial charge is 0.332 e. The lowest BCUT2D eigenvalue weighted by Gasteiger charge is -2.12. The van der Waals surface area contributed by atoms with E-state index in [0.717, 1.165) is 10.6 Å². The summed E-state index contributed by atoms with van der Waals surface area (Å²) in [6, 6.07) is 12.6. The Morgan fingerprint density at radius 3 is 2.55 bits per heavy atom. The van der Waals surface area contributed by atoms with Crippen LogP contribution >= 0.6 is 22.7 Å². The first kappa shape index (κ1) is 21.1. The van der Waals surface area contributed by atoms with Gasteiger partial charge in [-0.15, -0.1) is 22.7 Å². The Morgan fingerprint density at radius 2 is 1.84 bits per heavy atom. The van der Waals surface area contributed by atoms with Gasteiger partial charge in [-0.1, -0.05) is 6.07 Å². The van der Waals surface area contributed by atoms with E-state index >= 15 is 0 Å². The van der Waals surface area contributed by atoms with E-state index < -0.39 is 5.69 Å². The highest BCUT2D eigenvalue weighted by molar-refractivity contribution is 7.17. The number of aryl methyl sites for hydroxylation is 1. The number of carbonyl (C=O) groups excluding carboxylic acids is 1. The van der Waals surface area contributed by atoms with Crippen molar-refractivity contribution in [3.8, 4) is 5.75 Å². The van der Waals surface area contributed by atoms with Gasteiger partial charge < -0.3 is 10.1 Å². The first-order chi connectivity index (χ1) is 15.1. The van der Waals surface area contributed by atoms with Crippen molar-refractivity contribution in [1.82, 2.24) is 9.13 Å². The number of thiophene rings is 2. The molecule has 4 rings (SSSR count). The third-order valence-electron chi connectivity index (χ3n) is 4.75. The van der Waals surface area contributed by atoms with Gasteiger partial charge in [0.2, 0.25) is 5.91 Å². The van der Waals surface area contributed by atoms with E-state index in [0.29, 0.717) is 28.9 Å². The van der Waals surface area contributed by atoms with Gasteiger partial charge >= 0.3 is 5.69 Å². The fourth-order valence-electron chi connectivity index (χ4n) is 3.31. The lowest BCUT2D eigenvalue weighted by Crippen LogP contribution is -2.41. The van der Waals surface area contributed by atoms with Crippen LogP contribution in [0.3, 0.4) is 0 Å². The van der Waals surface area contributed by atoms with Crippen LogP contribution < -0.4 is 21.3 Å². The second-order valence-corrected chi connectivity index (χ2v) is 8.74. The Bertz CT molecular complexity index is 1300. The van der Waals surface area contributed by atoms with Crippen molar-refractivity contribution in [2.75, 3.05) is 11.9 Å². The van der Waals surface area contributed by atoms with Crippen LogP contribution in [0.2, 0.25) is 0 Å². The number of aromatic nitrogens is 2. The third-order valence-corrected chi connectivity index (χ3v) is 6.58. The van der Waals surface area contributed by atoms with E-state index in [-0.39, 0.29) is 24.6 Å². The van der Waals surface area contributed by atoms with E-state index in [1.165, 1.54) is 20.5 Å². The molecule has 7 nitrogen and oxygen atoms in total. The minimum absolute atomic E-state index is 0.182. The molecule has 160 valence electrons. The number of nitrogens with zero attached hydrogens (tertiary/aromatic N) is 2. The molecule has 9 heteroatoms. The highest BCUT2D eigenvalue weighted by Crippen LogP contribution is 2.18. The van der Waals surface area contributed by atoms with Crippen LogP contribution in [0.15, 0.2) is 62.8 Å². The van der Waals surface area contributed by atoms with Gasteiger partial charge in [0.05, 0.1) is 12.1 Å². The molecule has 0 radical (unpaired) electrons. The summed E-state index contributed by atoms with van der Waals surface area (Å²) in [6.07, 6.45) is 0.585. The fraction of sp³-hybridized carbons (Fsp3) is 0.227. The number of anilines is 1. The molecule has 1 aromatic carbocycles. The Kier molecular flexibility index (Phi) is 6.34. The highest BCUT2D eigenvalue weighted by atomic mass is 32.1. The fourth-order valence-corrected chi connectivity index (χ4v) is 4.85. The van der Waals surface area contributed by atoms with Crippen LogP contribution in [0.4, 0.5) is 5.69 Å². The average molecular weight is 456 g/mol. The number of hydrogen-bond donors (Lipinski definition) is 1. The van der Waals surface area contributed by atoms with Gasteiger partial charge in [0.25, 0.3) is 5.56 Å². The normalized spacial score (nSPS) is 11.0. The van der Waals surface area contributed by atoms with E-state index in [4.69, 9.17) is 4.74 Å². The molecule has 3 heterocycles. The third kappa shape index (κ3) is 4.62. The molecule has 0 saturated heterocycles. The van der Waals surface area contributed by atoms with Crippen LogP contribution in [-0.4, -0.2) is 21.6 Å². The predicted octanol–water partition coefficient (Wildman–Crippen LogP) is 3.57. The number of fused-ring (bicyclic) bond motifs is 1. The topological polar surface area (TPSA) is 82.3 Å². The van der Waals surface area contributed by atoms with Gasteiger partial charge in [-0.05, 0) is 60.5 Å². The summed E-state index contributed by atoms with van der Waals surface area (Å²) >= 11 is 2.86. The minimum Gasteiger partial charge on any atom is -0.494 e. The largest absolute Gasteiger partial charge is 0.494 e. The van der Waals surface area contributed by atoms with E-state index in [9.17, 15) is 14.4 Å². The quantitative estimate of drug-likeness (QED) is 0.440. The van der Waals surface area contributed by atoms with Crippen molar-refractivity contribution in [2.24, 2.45) is 0 Å². The lowest BCUT2D eigenvalue weighted by atomic mass is 10.3. The monoisotopic (exact) mass is 455 g/mol. The Labute approximate surface area is 186 Å². The van der Waals surface area contributed by atoms with Gasteiger partial charge in [0.1, 0.15) is 17.0 Å². The van der Waals surface area contributed by atoms with Gasteiger partial charge in [0, 0.05) is 17.1 Å². The molecule has 0 fully saturated rings. The van der Waals surface area contributed by atoms with Crippen molar-refractivity contribution >= 4 is 44.5 Å². The summed E-state index contributed by atoms with van der Waals surface area (Å²) in [5.74, 6) is 0.372. The summed E-state index contributed by atoms with van der Waals surface area (Å²) in [7, 11) is 0. The van der Waals surface area contributed by atoms with Gasteiger partial charge in [-0.3, -0.25) is 18.7 Å². The molecule has 4 aromatic rings. The highest BCUT2D eigenvalue weighted by Gasteiger charge is 2.16. The zero-order valence-corrected chi connectivity index (χ0v) is 18.5. The molecule has 3 aromatic heterocycles.